The zero-order valence-corrected chi connectivity index (χ0v) is 19.1. The number of esters is 1. The van der Waals surface area contributed by atoms with Crippen LogP contribution in [0, 0.1) is 5.82 Å². The van der Waals surface area contributed by atoms with E-state index in [0.29, 0.717) is 0 Å². The number of hydrogen-bond acceptors (Lipinski definition) is 6. The van der Waals surface area contributed by atoms with Crippen LogP contribution < -0.4 is 4.72 Å². The third-order valence-corrected chi connectivity index (χ3v) is 6.24. The van der Waals surface area contributed by atoms with Crippen LogP contribution in [-0.4, -0.2) is 37.6 Å². The number of halogens is 4. The maximum atomic E-state index is 13.4. The van der Waals surface area contributed by atoms with Crippen LogP contribution in [0.5, 0.6) is 5.75 Å². The molecule has 0 heterocycles. The number of nitrogens with one attached hydrogen (secondary N) is 1. The number of aromatic hydroxyl groups is 1. The molecular formula is C23H19F4NO6S. The summed E-state index contributed by atoms with van der Waals surface area (Å²) in [5.41, 5.74) is -1.12. The SMILES string of the molecule is CC(C)OC(=O)[C@H](C(=O)C(F)(F)F)c1cc(NS(=O)(=O)c2ccc(F)cc2)c2ccccc2c1O. The fourth-order valence-electron chi connectivity index (χ4n) is 3.34. The first-order valence-corrected chi connectivity index (χ1v) is 11.5. The van der Waals surface area contributed by atoms with Crippen LogP contribution in [0.25, 0.3) is 10.8 Å². The van der Waals surface area contributed by atoms with E-state index in [-0.39, 0.29) is 21.4 Å². The Labute approximate surface area is 197 Å². The quantitative estimate of drug-likeness (QED) is 0.206. The Bertz CT molecular complexity index is 1390. The van der Waals surface area contributed by atoms with E-state index in [4.69, 9.17) is 4.74 Å². The van der Waals surface area contributed by atoms with Gasteiger partial charge in [-0.25, -0.2) is 12.8 Å². The Morgan fingerprint density at radius 1 is 1.00 bits per heavy atom. The minimum Gasteiger partial charge on any atom is -0.507 e. The number of ketones is 1. The number of phenolic OH excluding ortho intramolecular Hbond substituents is 1. The molecule has 0 saturated carbocycles. The molecular weight excluding hydrogens is 494 g/mol. The van der Waals surface area contributed by atoms with Gasteiger partial charge in [0, 0.05) is 16.3 Å². The predicted octanol–water partition coefficient (Wildman–Crippen LogP) is 4.65. The molecule has 1 atom stereocenters. The molecule has 12 heteroatoms. The lowest BCUT2D eigenvalue weighted by Crippen LogP contribution is -2.35. The number of Topliss-reactive ketones (excluding diaryl/α,β-unsaturated/α-hetero) is 1. The van der Waals surface area contributed by atoms with Gasteiger partial charge < -0.3 is 9.84 Å². The fraction of sp³-hybridized carbons (Fsp3) is 0.217. The highest BCUT2D eigenvalue weighted by Gasteiger charge is 2.49. The van der Waals surface area contributed by atoms with Crippen molar-refractivity contribution in [1.82, 2.24) is 0 Å². The van der Waals surface area contributed by atoms with Gasteiger partial charge in [0.15, 0.2) is 5.92 Å². The van der Waals surface area contributed by atoms with Gasteiger partial charge >= 0.3 is 12.1 Å². The first-order valence-electron chi connectivity index (χ1n) is 10.1. The average molecular weight is 513 g/mol. The normalized spacial score (nSPS) is 13.0. The van der Waals surface area contributed by atoms with E-state index in [0.717, 1.165) is 30.3 Å². The summed E-state index contributed by atoms with van der Waals surface area (Å²) in [5, 5.41) is 10.7. The summed E-state index contributed by atoms with van der Waals surface area (Å²) >= 11 is 0. The van der Waals surface area contributed by atoms with E-state index < -0.39 is 57.1 Å². The first kappa shape index (κ1) is 25.9. The number of anilines is 1. The third-order valence-electron chi connectivity index (χ3n) is 4.85. The van der Waals surface area contributed by atoms with Crippen molar-refractivity contribution in [2.24, 2.45) is 0 Å². The monoisotopic (exact) mass is 513 g/mol. The number of alkyl halides is 3. The molecule has 3 rings (SSSR count). The molecule has 7 nitrogen and oxygen atoms in total. The van der Waals surface area contributed by atoms with Gasteiger partial charge in [-0.15, -0.1) is 0 Å². The lowest BCUT2D eigenvalue weighted by Gasteiger charge is -2.21. The van der Waals surface area contributed by atoms with Gasteiger partial charge in [0.2, 0.25) is 0 Å². The van der Waals surface area contributed by atoms with Crippen LogP contribution in [0.2, 0.25) is 0 Å². The second-order valence-corrected chi connectivity index (χ2v) is 9.43. The van der Waals surface area contributed by atoms with Crippen LogP contribution in [0.3, 0.4) is 0 Å². The number of benzene rings is 3. The van der Waals surface area contributed by atoms with Gasteiger partial charge in [0.25, 0.3) is 15.8 Å². The lowest BCUT2D eigenvalue weighted by atomic mass is 9.90. The zero-order valence-electron chi connectivity index (χ0n) is 18.3. The predicted molar refractivity (Wildman–Crippen MR) is 118 cm³/mol. The molecule has 0 fully saturated rings. The molecule has 0 saturated heterocycles. The Morgan fingerprint density at radius 2 is 1.57 bits per heavy atom. The molecule has 0 spiro atoms. The molecule has 3 aromatic carbocycles. The molecule has 0 unspecified atom stereocenters. The van der Waals surface area contributed by atoms with Crippen molar-refractivity contribution < 1.29 is 45.4 Å². The maximum Gasteiger partial charge on any atom is 0.451 e. The molecule has 0 radical (unpaired) electrons. The second kappa shape index (κ2) is 9.53. The molecule has 0 aliphatic carbocycles. The molecule has 0 aliphatic rings. The van der Waals surface area contributed by atoms with E-state index >= 15 is 0 Å². The van der Waals surface area contributed by atoms with Gasteiger partial charge in [-0.2, -0.15) is 13.2 Å². The molecule has 35 heavy (non-hydrogen) atoms. The van der Waals surface area contributed by atoms with Gasteiger partial charge in [0.05, 0.1) is 16.7 Å². The first-order chi connectivity index (χ1) is 16.2. The van der Waals surface area contributed by atoms with Crippen molar-refractivity contribution in [2.45, 2.75) is 36.9 Å². The fourth-order valence-corrected chi connectivity index (χ4v) is 4.41. The summed E-state index contributed by atoms with van der Waals surface area (Å²) in [6, 6.07) is 10.0. The average Bonchev–Trinajstić information content (AvgIpc) is 2.76. The van der Waals surface area contributed by atoms with E-state index in [1.54, 1.807) is 0 Å². The Morgan fingerprint density at radius 3 is 2.11 bits per heavy atom. The Kier molecular flexibility index (Phi) is 7.06. The molecule has 0 amide bonds. The molecule has 186 valence electrons. The third kappa shape index (κ3) is 5.53. The molecule has 0 aromatic heterocycles. The lowest BCUT2D eigenvalue weighted by molar-refractivity contribution is -0.178. The second-order valence-electron chi connectivity index (χ2n) is 7.75. The maximum absolute atomic E-state index is 13.4. The van der Waals surface area contributed by atoms with Crippen LogP contribution in [0.15, 0.2) is 59.5 Å². The van der Waals surface area contributed by atoms with E-state index in [1.807, 2.05) is 0 Å². The summed E-state index contributed by atoms with van der Waals surface area (Å²) in [6.07, 6.45) is -6.35. The van der Waals surface area contributed by atoms with Crippen molar-refractivity contribution >= 4 is 38.2 Å². The summed E-state index contributed by atoms with van der Waals surface area (Å²) in [4.78, 5) is 24.4. The molecule has 2 N–H and O–H groups in total. The minimum atomic E-state index is -5.47. The summed E-state index contributed by atoms with van der Waals surface area (Å²) in [6.45, 7) is 2.71. The number of carbonyl (C=O) groups is 2. The molecule has 0 bridgehead atoms. The molecule has 0 aliphatic heterocycles. The molecule has 3 aromatic rings. The number of ether oxygens (including phenoxy) is 1. The standard InChI is InChI=1S/C23H19F4NO6S/c1-12(2)34-22(31)19(21(30)23(25,26)27)17-11-18(15-5-3-4-6-16(15)20(17)29)28-35(32,33)14-9-7-13(24)8-10-14/h3-12,19,28-29H,1-2H3/t19-/m0/s1. The summed E-state index contributed by atoms with van der Waals surface area (Å²) in [5.74, 6) is -8.20. The largest absolute Gasteiger partial charge is 0.507 e. The Hall–Kier alpha value is -3.67. The number of hydrogen-bond donors (Lipinski definition) is 2. The highest BCUT2D eigenvalue weighted by molar-refractivity contribution is 7.92. The van der Waals surface area contributed by atoms with E-state index in [9.17, 15) is 40.7 Å². The van der Waals surface area contributed by atoms with Gasteiger partial charge in [0.1, 0.15) is 11.6 Å². The van der Waals surface area contributed by atoms with E-state index in [1.165, 1.54) is 38.1 Å². The summed E-state index contributed by atoms with van der Waals surface area (Å²) < 4.78 is 86.1. The summed E-state index contributed by atoms with van der Waals surface area (Å²) in [7, 11) is -4.39. The highest BCUT2D eigenvalue weighted by Crippen LogP contribution is 2.41. The topological polar surface area (TPSA) is 110 Å². The zero-order chi connectivity index (χ0) is 26.1. The van der Waals surface area contributed by atoms with Gasteiger partial charge in [-0.3, -0.25) is 14.3 Å². The van der Waals surface area contributed by atoms with Crippen LogP contribution in [-0.2, 0) is 24.3 Å². The number of sulfonamides is 1. The van der Waals surface area contributed by atoms with Gasteiger partial charge in [-0.05, 0) is 44.2 Å². The van der Waals surface area contributed by atoms with Crippen molar-refractivity contribution in [3.8, 4) is 5.75 Å². The van der Waals surface area contributed by atoms with Crippen molar-refractivity contribution in [1.29, 1.82) is 0 Å². The smallest absolute Gasteiger partial charge is 0.451 e. The Balaban J connectivity index is 2.24. The van der Waals surface area contributed by atoms with Crippen LogP contribution in [0.1, 0.15) is 25.3 Å². The number of fused-ring (bicyclic) bond motifs is 1. The highest BCUT2D eigenvalue weighted by atomic mass is 32.2. The minimum absolute atomic E-state index is 0.0647. The van der Waals surface area contributed by atoms with Crippen LogP contribution in [0.4, 0.5) is 23.2 Å². The van der Waals surface area contributed by atoms with Crippen LogP contribution >= 0.6 is 0 Å². The van der Waals surface area contributed by atoms with Crippen molar-refractivity contribution in [2.75, 3.05) is 4.72 Å². The van der Waals surface area contributed by atoms with E-state index in [2.05, 4.69) is 4.72 Å². The van der Waals surface area contributed by atoms with Crippen molar-refractivity contribution in [3.05, 3.63) is 66.0 Å². The number of rotatable bonds is 7. The van der Waals surface area contributed by atoms with Gasteiger partial charge in [-0.1, -0.05) is 24.3 Å². The number of phenols is 1. The number of carbonyl (C=O) groups excluding carboxylic acids is 2. The van der Waals surface area contributed by atoms with Crippen molar-refractivity contribution in [3.63, 3.8) is 0 Å².